The molecule has 1 rings (SSSR count). The van der Waals surface area contributed by atoms with Gasteiger partial charge in [-0.1, -0.05) is 13.0 Å². The summed E-state index contributed by atoms with van der Waals surface area (Å²) in [5, 5.41) is 0. The average Bonchev–Trinajstić information content (AvgIpc) is 2.89. The molecule has 4 nitrogen and oxygen atoms in total. The fraction of sp³-hybridized carbons (Fsp3) is 0.786. The Kier molecular flexibility index (Phi) is 6.98. The van der Waals surface area contributed by atoms with E-state index in [0.717, 1.165) is 31.6 Å². The fourth-order valence-electron chi connectivity index (χ4n) is 2.18. The first-order valence-corrected chi connectivity index (χ1v) is 6.85. The number of methoxy groups -OCH3 is 1. The lowest BCUT2D eigenvalue weighted by Crippen LogP contribution is -2.31. The number of ether oxygens (including phenoxy) is 1. The molecule has 0 radical (unpaired) electrons. The molecule has 0 spiro atoms. The second-order valence-electron chi connectivity index (χ2n) is 4.89. The lowest BCUT2D eigenvalue weighted by atomic mass is 10.2. The molecule has 0 atom stereocenters. The van der Waals surface area contributed by atoms with Crippen LogP contribution in [0.25, 0.3) is 0 Å². The van der Waals surface area contributed by atoms with E-state index >= 15 is 0 Å². The molecule has 1 fully saturated rings. The van der Waals surface area contributed by atoms with Crippen molar-refractivity contribution in [3.8, 4) is 0 Å². The van der Waals surface area contributed by atoms with E-state index in [0.29, 0.717) is 0 Å². The van der Waals surface area contributed by atoms with Crippen molar-refractivity contribution in [3.63, 3.8) is 0 Å². The molecule has 104 valence electrons. The number of carbonyl (C=O) groups excluding carboxylic acids is 1. The normalized spacial score (nSPS) is 17.4. The van der Waals surface area contributed by atoms with Crippen LogP contribution in [-0.2, 0) is 9.53 Å². The second-order valence-corrected chi connectivity index (χ2v) is 4.89. The van der Waals surface area contributed by atoms with Crippen molar-refractivity contribution >= 4 is 5.97 Å². The lowest BCUT2D eigenvalue weighted by molar-refractivity contribution is -0.136. The molecule has 18 heavy (non-hydrogen) atoms. The number of likely N-dealkylation sites (tertiary alicyclic amines) is 1. The minimum atomic E-state index is -0.203. The van der Waals surface area contributed by atoms with Gasteiger partial charge in [-0.15, -0.1) is 0 Å². The molecule has 0 amide bonds. The van der Waals surface area contributed by atoms with Gasteiger partial charge in [0.15, 0.2) is 0 Å². The van der Waals surface area contributed by atoms with Crippen molar-refractivity contribution in [1.29, 1.82) is 0 Å². The first-order valence-electron chi connectivity index (χ1n) is 6.85. The second kappa shape index (κ2) is 8.27. The molecule has 1 aliphatic rings. The minimum absolute atomic E-state index is 0.203. The number of rotatable bonds is 7. The van der Waals surface area contributed by atoms with E-state index in [1.807, 2.05) is 13.0 Å². The molecule has 0 saturated carbocycles. The van der Waals surface area contributed by atoms with Crippen LogP contribution in [0, 0.1) is 0 Å². The zero-order chi connectivity index (χ0) is 13.4. The van der Waals surface area contributed by atoms with Gasteiger partial charge in [0.05, 0.1) is 7.11 Å². The maximum absolute atomic E-state index is 11.4. The molecular formula is C14H26N2O2. The lowest BCUT2D eigenvalue weighted by Gasteiger charge is -2.20. The van der Waals surface area contributed by atoms with E-state index in [4.69, 9.17) is 4.74 Å². The van der Waals surface area contributed by atoms with Crippen molar-refractivity contribution in [1.82, 2.24) is 9.80 Å². The maximum atomic E-state index is 11.4. The van der Waals surface area contributed by atoms with Gasteiger partial charge < -0.3 is 14.5 Å². The summed E-state index contributed by atoms with van der Waals surface area (Å²) in [7, 11) is 3.53. The average molecular weight is 254 g/mol. The predicted octanol–water partition coefficient (Wildman–Crippen LogP) is 1.52. The number of hydrogen-bond acceptors (Lipinski definition) is 4. The van der Waals surface area contributed by atoms with Crippen LogP contribution in [0.1, 0.15) is 26.2 Å². The monoisotopic (exact) mass is 254 g/mol. The quantitative estimate of drug-likeness (QED) is 0.509. The molecule has 0 unspecified atom stereocenters. The Labute approximate surface area is 111 Å². The zero-order valence-electron chi connectivity index (χ0n) is 11.9. The molecule has 0 N–H and O–H groups in total. The molecule has 0 aromatic heterocycles. The van der Waals surface area contributed by atoms with Crippen LogP contribution >= 0.6 is 0 Å². The summed E-state index contributed by atoms with van der Waals surface area (Å²) in [6.07, 6.45) is 5.39. The van der Waals surface area contributed by atoms with E-state index in [-0.39, 0.29) is 5.97 Å². The molecule has 0 aromatic rings. The Morgan fingerprint density at radius 2 is 2.06 bits per heavy atom. The Morgan fingerprint density at radius 1 is 1.39 bits per heavy atom. The third-order valence-electron chi connectivity index (χ3n) is 3.47. The van der Waals surface area contributed by atoms with Crippen molar-refractivity contribution in [2.45, 2.75) is 26.2 Å². The van der Waals surface area contributed by atoms with Crippen LogP contribution in [0.15, 0.2) is 11.6 Å². The standard InChI is InChI=1S/C14H26N2O2/c1-4-13(14(17)18-3)7-10-15(2)11-12-16-8-5-6-9-16/h7H,4-6,8-12H2,1-3H3. The first-order chi connectivity index (χ1) is 8.67. The van der Waals surface area contributed by atoms with Gasteiger partial charge in [0, 0.05) is 25.2 Å². The summed E-state index contributed by atoms with van der Waals surface area (Å²) in [4.78, 5) is 16.2. The number of nitrogens with zero attached hydrogens (tertiary/aromatic N) is 2. The Balaban J connectivity index is 2.27. The Morgan fingerprint density at radius 3 is 2.61 bits per heavy atom. The molecular weight excluding hydrogens is 228 g/mol. The van der Waals surface area contributed by atoms with E-state index in [9.17, 15) is 4.79 Å². The summed E-state index contributed by atoms with van der Waals surface area (Å²) in [6, 6.07) is 0. The van der Waals surface area contributed by atoms with Crippen LogP contribution in [0.3, 0.4) is 0 Å². The highest BCUT2D eigenvalue weighted by atomic mass is 16.5. The van der Waals surface area contributed by atoms with E-state index in [1.54, 1.807) is 0 Å². The predicted molar refractivity (Wildman–Crippen MR) is 73.6 cm³/mol. The fourth-order valence-corrected chi connectivity index (χ4v) is 2.18. The van der Waals surface area contributed by atoms with Crippen LogP contribution in [-0.4, -0.2) is 62.7 Å². The molecule has 4 heteroatoms. The largest absolute Gasteiger partial charge is 0.466 e. The van der Waals surface area contributed by atoms with Gasteiger partial charge in [-0.05, 0) is 39.4 Å². The Hall–Kier alpha value is -0.870. The molecule has 1 heterocycles. The highest BCUT2D eigenvalue weighted by Gasteiger charge is 2.12. The highest BCUT2D eigenvalue weighted by Crippen LogP contribution is 2.07. The SMILES string of the molecule is CCC(=CCN(C)CCN1CCCC1)C(=O)OC. The number of hydrogen-bond donors (Lipinski definition) is 0. The molecule has 0 bridgehead atoms. The van der Waals surface area contributed by atoms with E-state index in [2.05, 4.69) is 16.8 Å². The number of carbonyl (C=O) groups is 1. The summed E-state index contributed by atoms with van der Waals surface area (Å²) in [6.45, 7) is 7.45. The smallest absolute Gasteiger partial charge is 0.333 e. The summed E-state index contributed by atoms with van der Waals surface area (Å²) in [5.74, 6) is -0.203. The van der Waals surface area contributed by atoms with Crippen LogP contribution in [0.5, 0.6) is 0 Å². The van der Waals surface area contributed by atoms with Gasteiger partial charge in [0.25, 0.3) is 0 Å². The molecule has 0 aliphatic carbocycles. The van der Waals surface area contributed by atoms with Crippen LogP contribution < -0.4 is 0 Å². The topological polar surface area (TPSA) is 32.8 Å². The van der Waals surface area contributed by atoms with Gasteiger partial charge in [0.1, 0.15) is 0 Å². The van der Waals surface area contributed by atoms with Crippen LogP contribution in [0.2, 0.25) is 0 Å². The first kappa shape index (κ1) is 15.2. The zero-order valence-corrected chi connectivity index (χ0v) is 11.9. The minimum Gasteiger partial charge on any atom is -0.466 e. The van der Waals surface area contributed by atoms with Crippen LogP contribution in [0.4, 0.5) is 0 Å². The van der Waals surface area contributed by atoms with Crippen molar-refractivity contribution in [3.05, 3.63) is 11.6 Å². The van der Waals surface area contributed by atoms with E-state index < -0.39 is 0 Å². The third kappa shape index (κ3) is 5.19. The number of esters is 1. The molecule has 1 saturated heterocycles. The number of likely N-dealkylation sites (N-methyl/N-ethyl adjacent to an activating group) is 1. The Bertz CT molecular complexity index is 284. The summed E-state index contributed by atoms with van der Waals surface area (Å²) < 4.78 is 4.74. The summed E-state index contributed by atoms with van der Waals surface area (Å²) >= 11 is 0. The van der Waals surface area contributed by atoms with Gasteiger partial charge >= 0.3 is 5.97 Å². The van der Waals surface area contributed by atoms with Gasteiger partial charge in [-0.25, -0.2) is 4.79 Å². The van der Waals surface area contributed by atoms with Gasteiger partial charge in [0.2, 0.25) is 0 Å². The summed E-state index contributed by atoms with van der Waals surface area (Å²) in [5.41, 5.74) is 0.769. The van der Waals surface area contributed by atoms with Crippen molar-refractivity contribution in [2.75, 3.05) is 46.9 Å². The third-order valence-corrected chi connectivity index (χ3v) is 3.47. The van der Waals surface area contributed by atoms with Crippen molar-refractivity contribution < 1.29 is 9.53 Å². The van der Waals surface area contributed by atoms with E-state index in [1.165, 1.54) is 33.0 Å². The van der Waals surface area contributed by atoms with Gasteiger partial charge in [-0.2, -0.15) is 0 Å². The molecule has 0 aromatic carbocycles. The molecule has 1 aliphatic heterocycles. The van der Waals surface area contributed by atoms with Crippen molar-refractivity contribution in [2.24, 2.45) is 0 Å². The highest BCUT2D eigenvalue weighted by molar-refractivity contribution is 5.88. The maximum Gasteiger partial charge on any atom is 0.333 e. The van der Waals surface area contributed by atoms with Gasteiger partial charge in [-0.3, -0.25) is 0 Å².